The molecule has 1 unspecified atom stereocenters. The average molecular weight is 280 g/mol. The standard InChI is InChI=1S/C14H20N2O2S/c1-11-10-16(7-9-19-11)14(17)6-8-18-13-5-3-2-4-12(13)15/h2-5,11H,6-10,15H2,1H3. The molecule has 4 nitrogen and oxygen atoms in total. The highest BCUT2D eigenvalue weighted by atomic mass is 32.2. The number of thioether (sulfide) groups is 1. The summed E-state index contributed by atoms with van der Waals surface area (Å²) in [5.41, 5.74) is 6.38. The van der Waals surface area contributed by atoms with Crippen molar-refractivity contribution in [3.8, 4) is 5.75 Å². The van der Waals surface area contributed by atoms with Crippen molar-refractivity contribution in [1.29, 1.82) is 0 Å². The second-order valence-electron chi connectivity index (χ2n) is 4.66. The maximum absolute atomic E-state index is 12.0. The summed E-state index contributed by atoms with van der Waals surface area (Å²) in [6.07, 6.45) is 0.408. The van der Waals surface area contributed by atoms with Gasteiger partial charge in [-0.1, -0.05) is 19.1 Å². The Kier molecular flexibility index (Phi) is 4.96. The van der Waals surface area contributed by atoms with E-state index in [2.05, 4.69) is 6.92 Å². The van der Waals surface area contributed by atoms with Crippen molar-refractivity contribution < 1.29 is 9.53 Å². The fourth-order valence-electron chi connectivity index (χ4n) is 2.06. The molecule has 1 heterocycles. The summed E-state index contributed by atoms with van der Waals surface area (Å²) in [5, 5.41) is 0.531. The third-order valence-electron chi connectivity index (χ3n) is 3.09. The number of hydrogen-bond acceptors (Lipinski definition) is 4. The van der Waals surface area contributed by atoms with E-state index in [4.69, 9.17) is 10.5 Å². The second-order valence-corrected chi connectivity index (χ2v) is 6.20. The number of benzene rings is 1. The van der Waals surface area contributed by atoms with Crippen molar-refractivity contribution in [2.75, 3.05) is 31.2 Å². The highest BCUT2D eigenvalue weighted by molar-refractivity contribution is 7.99. The normalized spacial score (nSPS) is 19.2. The third-order valence-corrected chi connectivity index (χ3v) is 4.22. The van der Waals surface area contributed by atoms with Crippen LogP contribution in [-0.4, -0.2) is 41.5 Å². The smallest absolute Gasteiger partial charge is 0.226 e. The largest absolute Gasteiger partial charge is 0.491 e. The molecule has 5 heteroatoms. The van der Waals surface area contributed by atoms with Gasteiger partial charge in [0.05, 0.1) is 18.7 Å². The van der Waals surface area contributed by atoms with Gasteiger partial charge in [0.1, 0.15) is 5.75 Å². The van der Waals surface area contributed by atoms with Gasteiger partial charge in [-0.25, -0.2) is 0 Å². The van der Waals surface area contributed by atoms with E-state index in [0.717, 1.165) is 18.8 Å². The van der Waals surface area contributed by atoms with Gasteiger partial charge in [-0.05, 0) is 12.1 Å². The summed E-state index contributed by atoms with van der Waals surface area (Å²) in [5.74, 6) is 1.85. The van der Waals surface area contributed by atoms with Gasteiger partial charge in [-0.3, -0.25) is 4.79 Å². The molecule has 2 N–H and O–H groups in total. The Morgan fingerprint density at radius 2 is 2.32 bits per heavy atom. The van der Waals surface area contributed by atoms with E-state index >= 15 is 0 Å². The predicted molar refractivity (Wildman–Crippen MR) is 79.5 cm³/mol. The number of rotatable bonds is 4. The Labute approximate surface area is 118 Å². The summed E-state index contributed by atoms with van der Waals surface area (Å²) in [6, 6.07) is 7.34. The quantitative estimate of drug-likeness (QED) is 0.857. The SMILES string of the molecule is CC1CN(C(=O)CCOc2ccccc2N)CCS1. The zero-order chi connectivity index (χ0) is 13.7. The Morgan fingerprint density at radius 3 is 3.05 bits per heavy atom. The molecular weight excluding hydrogens is 260 g/mol. The van der Waals surface area contributed by atoms with E-state index in [-0.39, 0.29) is 5.91 Å². The van der Waals surface area contributed by atoms with E-state index in [1.54, 1.807) is 6.07 Å². The number of carbonyl (C=O) groups excluding carboxylic acids is 1. The average Bonchev–Trinajstić information content (AvgIpc) is 2.41. The van der Waals surface area contributed by atoms with Gasteiger partial charge in [0.2, 0.25) is 5.91 Å². The molecule has 1 aliphatic heterocycles. The van der Waals surface area contributed by atoms with E-state index < -0.39 is 0 Å². The van der Waals surface area contributed by atoms with Crippen molar-refractivity contribution in [2.45, 2.75) is 18.6 Å². The number of amides is 1. The molecule has 1 aromatic carbocycles. The van der Waals surface area contributed by atoms with Gasteiger partial charge in [0.15, 0.2) is 0 Å². The molecule has 104 valence electrons. The number of nitrogens with two attached hydrogens (primary N) is 1. The number of para-hydroxylation sites is 2. The van der Waals surface area contributed by atoms with Gasteiger partial charge in [0, 0.05) is 24.1 Å². The maximum Gasteiger partial charge on any atom is 0.226 e. The summed E-state index contributed by atoms with van der Waals surface area (Å²) in [4.78, 5) is 14.0. The molecule has 0 aliphatic carbocycles. The topological polar surface area (TPSA) is 55.6 Å². The first kappa shape index (κ1) is 14.1. The zero-order valence-electron chi connectivity index (χ0n) is 11.2. The molecule has 0 bridgehead atoms. The summed E-state index contributed by atoms with van der Waals surface area (Å²) in [7, 11) is 0. The minimum absolute atomic E-state index is 0.168. The number of nitrogen functional groups attached to an aromatic ring is 1. The summed E-state index contributed by atoms with van der Waals surface area (Å²) in [6.45, 7) is 4.23. The van der Waals surface area contributed by atoms with Crippen LogP contribution in [0.15, 0.2) is 24.3 Å². The third kappa shape index (κ3) is 4.06. The Morgan fingerprint density at radius 1 is 1.53 bits per heavy atom. The van der Waals surface area contributed by atoms with Crippen LogP contribution in [0.25, 0.3) is 0 Å². The molecule has 1 atom stereocenters. The van der Waals surface area contributed by atoms with Crippen molar-refractivity contribution in [3.63, 3.8) is 0 Å². The van der Waals surface area contributed by atoms with Crippen LogP contribution in [0.1, 0.15) is 13.3 Å². The van der Waals surface area contributed by atoms with Crippen molar-refractivity contribution in [2.24, 2.45) is 0 Å². The van der Waals surface area contributed by atoms with E-state index in [9.17, 15) is 4.79 Å². The monoisotopic (exact) mass is 280 g/mol. The molecular formula is C14H20N2O2S. The van der Waals surface area contributed by atoms with Crippen LogP contribution in [0.5, 0.6) is 5.75 Å². The summed E-state index contributed by atoms with van der Waals surface area (Å²) >= 11 is 1.92. The van der Waals surface area contributed by atoms with Gasteiger partial charge in [-0.15, -0.1) is 0 Å². The number of nitrogens with zero attached hydrogens (tertiary/aromatic N) is 1. The van der Waals surface area contributed by atoms with E-state index in [1.165, 1.54) is 0 Å². The molecule has 1 saturated heterocycles. The van der Waals surface area contributed by atoms with Crippen LogP contribution in [0.3, 0.4) is 0 Å². The van der Waals surface area contributed by atoms with Gasteiger partial charge >= 0.3 is 0 Å². The second kappa shape index (κ2) is 6.70. The predicted octanol–water partition coefficient (Wildman–Crippen LogP) is 2.00. The van der Waals surface area contributed by atoms with Crippen LogP contribution in [-0.2, 0) is 4.79 Å². The lowest BCUT2D eigenvalue weighted by Crippen LogP contribution is -2.41. The first-order chi connectivity index (χ1) is 9.16. The molecule has 1 aromatic rings. The lowest BCUT2D eigenvalue weighted by atomic mass is 10.3. The molecule has 1 amide bonds. The molecule has 19 heavy (non-hydrogen) atoms. The molecule has 2 rings (SSSR count). The highest BCUT2D eigenvalue weighted by Gasteiger charge is 2.20. The molecule has 0 aromatic heterocycles. The first-order valence-electron chi connectivity index (χ1n) is 6.53. The first-order valence-corrected chi connectivity index (χ1v) is 7.58. The highest BCUT2D eigenvalue weighted by Crippen LogP contribution is 2.21. The fraction of sp³-hybridized carbons (Fsp3) is 0.500. The Balaban J connectivity index is 1.76. The lowest BCUT2D eigenvalue weighted by Gasteiger charge is -2.30. The van der Waals surface area contributed by atoms with Gasteiger partial charge < -0.3 is 15.4 Å². The maximum atomic E-state index is 12.0. The van der Waals surface area contributed by atoms with Crippen molar-refractivity contribution >= 4 is 23.4 Å². The fourth-order valence-corrected chi connectivity index (χ4v) is 3.08. The van der Waals surface area contributed by atoms with Crippen LogP contribution >= 0.6 is 11.8 Å². The van der Waals surface area contributed by atoms with Crippen LogP contribution in [0.2, 0.25) is 0 Å². The minimum Gasteiger partial charge on any atom is -0.491 e. The van der Waals surface area contributed by atoms with Crippen molar-refractivity contribution in [1.82, 2.24) is 4.90 Å². The van der Waals surface area contributed by atoms with Crippen LogP contribution in [0.4, 0.5) is 5.69 Å². The number of hydrogen-bond donors (Lipinski definition) is 1. The Hall–Kier alpha value is -1.36. The van der Waals surface area contributed by atoms with Gasteiger partial charge in [0.25, 0.3) is 0 Å². The molecule has 0 radical (unpaired) electrons. The van der Waals surface area contributed by atoms with Gasteiger partial charge in [-0.2, -0.15) is 11.8 Å². The molecule has 1 aliphatic rings. The number of anilines is 1. The Bertz CT molecular complexity index is 439. The van der Waals surface area contributed by atoms with E-state index in [0.29, 0.717) is 29.7 Å². The lowest BCUT2D eigenvalue weighted by molar-refractivity contribution is -0.131. The molecule has 0 saturated carbocycles. The molecule has 0 spiro atoms. The van der Waals surface area contributed by atoms with Crippen LogP contribution < -0.4 is 10.5 Å². The number of ether oxygens (including phenoxy) is 1. The number of carbonyl (C=O) groups is 1. The minimum atomic E-state index is 0.168. The zero-order valence-corrected chi connectivity index (χ0v) is 12.0. The van der Waals surface area contributed by atoms with E-state index in [1.807, 2.05) is 34.9 Å². The van der Waals surface area contributed by atoms with Crippen molar-refractivity contribution in [3.05, 3.63) is 24.3 Å². The molecule has 1 fully saturated rings. The summed E-state index contributed by atoms with van der Waals surface area (Å²) < 4.78 is 5.55. The van der Waals surface area contributed by atoms with Crippen LogP contribution in [0, 0.1) is 0 Å².